The molecule has 0 aliphatic heterocycles. The maximum atomic E-state index is 12.9. The van der Waals surface area contributed by atoms with Gasteiger partial charge in [0, 0.05) is 4.47 Å². The molecule has 0 unspecified atom stereocenters. The van der Waals surface area contributed by atoms with E-state index in [1.807, 2.05) is 0 Å². The number of hydrogen-bond donors (Lipinski definition) is 1. The minimum atomic E-state index is -4.51. The standard InChI is InChI=1S/C14H8BrF3O2/c15-12-6-5-8(7-11(12)14(16,17)18)9-3-1-2-4-10(9)13(19)20/h1-7H,(H,19,20). The molecule has 0 radical (unpaired) electrons. The molecular formula is C14H8BrF3O2. The molecule has 0 bridgehead atoms. The van der Waals surface area contributed by atoms with Gasteiger partial charge in [0.25, 0.3) is 0 Å². The molecule has 104 valence electrons. The van der Waals surface area contributed by atoms with Gasteiger partial charge in [-0.3, -0.25) is 0 Å². The van der Waals surface area contributed by atoms with Gasteiger partial charge in [0.15, 0.2) is 0 Å². The van der Waals surface area contributed by atoms with Gasteiger partial charge in [-0.15, -0.1) is 0 Å². The first-order chi connectivity index (χ1) is 9.30. The average Bonchev–Trinajstić information content (AvgIpc) is 2.38. The third kappa shape index (κ3) is 2.85. The van der Waals surface area contributed by atoms with Gasteiger partial charge in [-0.25, -0.2) is 4.79 Å². The summed E-state index contributed by atoms with van der Waals surface area (Å²) in [5.74, 6) is -1.18. The molecule has 1 N–H and O–H groups in total. The third-order valence-corrected chi connectivity index (χ3v) is 3.43. The van der Waals surface area contributed by atoms with Crippen molar-refractivity contribution in [1.82, 2.24) is 0 Å². The SMILES string of the molecule is O=C(O)c1ccccc1-c1ccc(Br)c(C(F)(F)F)c1. The summed E-state index contributed by atoms with van der Waals surface area (Å²) < 4.78 is 38.5. The molecule has 2 aromatic carbocycles. The maximum Gasteiger partial charge on any atom is 0.417 e. The van der Waals surface area contributed by atoms with E-state index >= 15 is 0 Å². The Morgan fingerprint density at radius 3 is 2.35 bits per heavy atom. The van der Waals surface area contributed by atoms with Crippen LogP contribution in [-0.4, -0.2) is 11.1 Å². The first-order valence-corrected chi connectivity index (χ1v) is 6.29. The number of carbonyl (C=O) groups is 1. The van der Waals surface area contributed by atoms with E-state index < -0.39 is 17.7 Å². The van der Waals surface area contributed by atoms with Crippen LogP contribution in [-0.2, 0) is 6.18 Å². The number of carboxylic acid groups (broad SMARTS) is 1. The fraction of sp³-hybridized carbons (Fsp3) is 0.0714. The Balaban J connectivity index is 2.63. The summed E-state index contributed by atoms with van der Waals surface area (Å²) in [6.45, 7) is 0. The fourth-order valence-corrected chi connectivity index (χ4v) is 2.30. The van der Waals surface area contributed by atoms with Crippen molar-refractivity contribution in [3.8, 4) is 11.1 Å². The van der Waals surface area contributed by atoms with Crippen molar-refractivity contribution in [3.63, 3.8) is 0 Å². The van der Waals surface area contributed by atoms with Crippen LogP contribution in [0.1, 0.15) is 15.9 Å². The lowest BCUT2D eigenvalue weighted by Crippen LogP contribution is -2.06. The second-order valence-electron chi connectivity index (χ2n) is 4.04. The van der Waals surface area contributed by atoms with Crippen molar-refractivity contribution in [2.24, 2.45) is 0 Å². The van der Waals surface area contributed by atoms with Gasteiger partial charge in [-0.1, -0.05) is 40.2 Å². The number of benzene rings is 2. The summed E-state index contributed by atoms with van der Waals surface area (Å²) in [6, 6.07) is 9.58. The summed E-state index contributed by atoms with van der Waals surface area (Å²) >= 11 is 2.85. The zero-order valence-corrected chi connectivity index (χ0v) is 11.5. The zero-order chi connectivity index (χ0) is 14.9. The maximum absolute atomic E-state index is 12.9. The summed E-state index contributed by atoms with van der Waals surface area (Å²) in [7, 11) is 0. The average molecular weight is 345 g/mol. The van der Waals surface area contributed by atoms with Crippen LogP contribution in [0.4, 0.5) is 13.2 Å². The molecule has 2 aromatic rings. The van der Waals surface area contributed by atoms with Gasteiger partial charge in [-0.05, 0) is 29.3 Å². The Morgan fingerprint density at radius 1 is 1.10 bits per heavy atom. The van der Waals surface area contributed by atoms with Crippen LogP contribution in [0.25, 0.3) is 11.1 Å². The highest BCUT2D eigenvalue weighted by atomic mass is 79.9. The van der Waals surface area contributed by atoms with E-state index in [4.69, 9.17) is 5.11 Å². The highest BCUT2D eigenvalue weighted by Crippen LogP contribution is 2.37. The molecule has 2 rings (SSSR count). The van der Waals surface area contributed by atoms with E-state index in [1.165, 1.54) is 30.3 Å². The molecule has 0 fully saturated rings. The number of rotatable bonds is 2. The normalized spacial score (nSPS) is 11.4. The second kappa shape index (κ2) is 5.28. The van der Waals surface area contributed by atoms with Crippen LogP contribution >= 0.6 is 15.9 Å². The molecule has 0 atom stereocenters. The van der Waals surface area contributed by atoms with Crippen molar-refractivity contribution in [1.29, 1.82) is 0 Å². The minimum Gasteiger partial charge on any atom is -0.478 e. The molecule has 0 aliphatic carbocycles. The highest BCUT2D eigenvalue weighted by molar-refractivity contribution is 9.10. The molecule has 2 nitrogen and oxygen atoms in total. The monoisotopic (exact) mass is 344 g/mol. The van der Waals surface area contributed by atoms with E-state index in [1.54, 1.807) is 6.07 Å². The van der Waals surface area contributed by atoms with Crippen molar-refractivity contribution in [2.45, 2.75) is 6.18 Å². The smallest absolute Gasteiger partial charge is 0.417 e. The second-order valence-corrected chi connectivity index (χ2v) is 4.90. The van der Waals surface area contributed by atoms with Crippen LogP contribution in [0, 0.1) is 0 Å². The number of alkyl halides is 3. The van der Waals surface area contributed by atoms with Gasteiger partial charge < -0.3 is 5.11 Å². The van der Waals surface area contributed by atoms with Gasteiger partial charge in [0.1, 0.15) is 0 Å². The van der Waals surface area contributed by atoms with E-state index in [0.717, 1.165) is 6.07 Å². The summed E-state index contributed by atoms with van der Waals surface area (Å²) in [5.41, 5.74) is -0.422. The Bertz CT molecular complexity index is 666. The number of aromatic carboxylic acids is 1. The number of carboxylic acids is 1. The fourth-order valence-electron chi connectivity index (χ4n) is 1.83. The Kier molecular flexibility index (Phi) is 3.85. The first-order valence-electron chi connectivity index (χ1n) is 5.50. The largest absolute Gasteiger partial charge is 0.478 e. The topological polar surface area (TPSA) is 37.3 Å². The molecule has 0 aliphatic rings. The number of halogens is 4. The van der Waals surface area contributed by atoms with Crippen LogP contribution in [0.3, 0.4) is 0 Å². The summed E-state index contributed by atoms with van der Waals surface area (Å²) in [4.78, 5) is 11.1. The lowest BCUT2D eigenvalue weighted by Gasteiger charge is -2.12. The summed E-state index contributed by atoms with van der Waals surface area (Å²) in [6.07, 6.45) is -4.51. The van der Waals surface area contributed by atoms with E-state index in [-0.39, 0.29) is 21.2 Å². The van der Waals surface area contributed by atoms with Crippen LogP contribution in [0.5, 0.6) is 0 Å². The Hall–Kier alpha value is -1.82. The van der Waals surface area contributed by atoms with Crippen LogP contribution in [0.15, 0.2) is 46.9 Å². The predicted octanol–water partition coefficient (Wildman–Crippen LogP) is 4.83. The minimum absolute atomic E-state index is 0.0389. The van der Waals surface area contributed by atoms with E-state index in [2.05, 4.69) is 15.9 Å². The lowest BCUT2D eigenvalue weighted by molar-refractivity contribution is -0.138. The van der Waals surface area contributed by atoms with Gasteiger partial charge in [0.05, 0.1) is 11.1 Å². The van der Waals surface area contributed by atoms with Gasteiger partial charge >= 0.3 is 12.1 Å². The van der Waals surface area contributed by atoms with Crippen molar-refractivity contribution >= 4 is 21.9 Å². The predicted molar refractivity (Wildman–Crippen MR) is 71.5 cm³/mol. The molecule has 0 amide bonds. The van der Waals surface area contributed by atoms with E-state index in [0.29, 0.717) is 0 Å². The van der Waals surface area contributed by atoms with Gasteiger partial charge in [0.2, 0.25) is 0 Å². The summed E-state index contributed by atoms with van der Waals surface area (Å²) in [5, 5.41) is 9.08. The first kappa shape index (κ1) is 14.6. The molecule has 0 saturated heterocycles. The third-order valence-electron chi connectivity index (χ3n) is 2.74. The molecule has 0 heterocycles. The number of hydrogen-bond acceptors (Lipinski definition) is 1. The lowest BCUT2D eigenvalue weighted by atomic mass is 9.98. The van der Waals surface area contributed by atoms with Crippen molar-refractivity contribution < 1.29 is 23.1 Å². The molecule has 6 heteroatoms. The Labute approximate surface area is 121 Å². The molecule has 20 heavy (non-hydrogen) atoms. The highest BCUT2D eigenvalue weighted by Gasteiger charge is 2.33. The zero-order valence-electron chi connectivity index (χ0n) is 9.91. The molecule has 0 aromatic heterocycles. The molecule has 0 saturated carbocycles. The molecule has 0 spiro atoms. The van der Waals surface area contributed by atoms with Gasteiger partial charge in [-0.2, -0.15) is 13.2 Å². The quantitative estimate of drug-likeness (QED) is 0.846. The Morgan fingerprint density at radius 2 is 1.75 bits per heavy atom. The van der Waals surface area contributed by atoms with Crippen LogP contribution < -0.4 is 0 Å². The van der Waals surface area contributed by atoms with Crippen molar-refractivity contribution in [2.75, 3.05) is 0 Å². The van der Waals surface area contributed by atoms with Crippen molar-refractivity contribution in [3.05, 3.63) is 58.1 Å². The van der Waals surface area contributed by atoms with Crippen LogP contribution in [0.2, 0.25) is 0 Å². The van der Waals surface area contributed by atoms with E-state index in [9.17, 15) is 18.0 Å². The molecular weight excluding hydrogens is 337 g/mol.